The summed E-state index contributed by atoms with van der Waals surface area (Å²) in [5.41, 5.74) is 0.189. The Kier molecular flexibility index (Phi) is 3.41. The molecule has 0 aliphatic heterocycles. The van der Waals surface area contributed by atoms with Crippen molar-refractivity contribution < 1.29 is 15.0 Å². The molecule has 0 amide bonds. The zero-order valence-corrected chi connectivity index (χ0v) is 11.7. The average Bonchev–Trinajstić information content (AvgIpc) is 2.53. The van der Waals surface area contributed by atoms with Crippen LogP contribution in [0, 0.1) is 23.2 Å². The molecule has 2 aliphatic rings. The predicted octanol–water partition coefficient (Wildman–Crippen LogP) is 1.93. The van der Waals surface area contributed by atoms with Gasteiger partial charge in [-0.25, -0.2) is 0 Å². The molecule has 0 aromatic heterocycles. The molecule has 3 heteroatoms. The van der Waals surface area contributed by atoms with E-state index in [2.05, 4.69) is 13.8 Å². The van der Waals surface area contributed by atoms with Crippen LogP contribution in [0.25, 0.3) is 0 Å². The highest BCUT2D eigenvalue weighted by Gasteiger charge is 2.58. The van der Waals surface area contributed by atoms with Gasteiger partial charge in [0.05, 0.1) is 12.2 Å². The zero-order chi connectivity index (χ0) is 13.7. The van der Waals surface area contributed by atoms with Crippen molar-refractivity contribution in [2.24, 2.45) is 23.2 Å². The van der Waals surface area contributed by atoms with Crippen LogP contribution in [-0.2, 0) is 4.79 Å². The first-order valence-corrected chi connectivity index (χ1v) is 6.88. The van der Waals surface area contributed by atoms with Crippen molar-refractivity contribution in [1.82, 2.24) is 0 Å². The van der Waals surface area contributed by atoms with Crippen LogP contribution in [0.1, 0.15) is 40.5 Å². The second kappa shape index (κ2) is 4.46. The van der Waals surface area contributed by atoms with E-state index < -0.39 is 17.6 Å². The van der Waals surface area contributed by atoms with E-state index in [1.807, 2.05) is 6.92 Å². The maximum absolute atomic E-state index is 12.1. The monoisotopic (exact) mass is 252 g/mol. The Bertz CT molecular complexity index is 385. The average molecular weight is 252 g/mol. The highest BCUT2D eigenvalue weighted by molar-refractivity contribution is 5.96. The molecule has 1 unspecified atom stereocenters. The summed E-state index contributed by atoms with van der Waals surface area (Å²) in [7, 11) is 0. The molecule has 2 aliphatic carbocycles. The van der Waals surface area contributed by atoms with Gasteiger partial charge in [-0.3, -0.25) is 4.79 Å². The summed E-state index contributed by atoms with van der Waals surface area (Å²) in [5, 5.41) is 20.7. The maximum Gasteiger partial charge on any atom is 0.159 e. The Labute approximate surface area is 109 Å². The van der Waals surface area contributed by atoms with E-state index in [9.17, 15) is 15.0 Å². The number of ketones is 1. The van der Waals surface area contributed by atoms with E-state index in [1.54, 1.807) is 13.0 Å². The van der Waals surface area contributed by atoms with E-state index in [-0.39, 0.29) is 17.6 Å². The van der Waals surface area contributed by atoms with Gasteiger partial charge in [0.2, 0.25) is 0 Å². The number of carbonyl (C=O) groups is 1. The quantitative estimate of drug-likeness (QED) is 0.749. The van der Waals surface area contributed by atoms with Crippen molar-refractivity contribution >= 4 is 5.78 Å². The van der Waals surface area contributed by atoms with Gasteiger partial charge in [-0.05, 0) is 42.7 Å². The molecule has 0 radical (unpaired) electrons. The molecule has 1 fully saturated rings. The molecule has 0 heterocycles. The fraction of sp³-hybridized carbons (Fsp3) is 0.800. The molecular formula is C15H24O3. The lowest BCUT2D eigenvalue weighted by atomic mass is 9.60. The summed E-state index contributed by atoms with van der Waals surface area (Å²) in [6, 6.07) is 0. The molecule has 1 spiro atoms. The van der Waals surface area contributed by atoms with Crippen LogP contribution in [0.3, 0.4) is 0 Å². The maximum atomic E-state index is 12.1. The lowest BCUT2D eigenvalue weighted by molar-refractivity contribution is -0.126. The lowest BCUT2D eigenvalue weighted by Crippen LogP contribution is -2.48. The van der Waals surface area contributed by atoms with Crippen LogP contribution >= 0.6 is 0 Å². The molecular weight excluding hydrogens is 228 g/mol. The predicted molar refractivity (Wildman–Crippen MR) is 69.9 cm³/mol. The minimum Gasteiger partial charge on any atom is -0.393 e. The molecule has 0 saturated heterocycles. The Hall–Kier alpha value is -0.670. The van der Waals surface area contributed by atoms with Gasteiger partial charge in [0.1, 0.15) is 0 Å². The van der Waals surface area contributed by atoms with Gasteiger partial charge in [-0.2, -0.15) is 0 Å². The van der Waals surface area contributed by atoms with E-state index in [1.165, 1.54) is 0 Å². The number of carbonyl (C=O) groups excluding carboxylic acids is 1. The van der Waals surface area contributed by atoms with Gasteiger partial charge in [-0.1, -0.05) is 20.8 Å². The fourth-order valence-electron chi connectivity index (χ4n) is 4.06. The number of hydrogen-bond donors (Lipinski definition) is 2. The first kappa shape index (κ1) is 13.8. The third kappa shape index (κ3) is 1.76. The van der Waals surface area contributed by atoms with Crippen LogP contribution in [0.5, 0.6) is 0 Å². The highest BCUT2D eigenvalue weighted by atomic mass is 16.3. The summed E-state index contributed by atoms with van der Waals surface area (Å²) in [6.45, 7) is 7.95. The van der Waals surface area contributed by atoms with Crippen molar-refractivity contribution in [2.75, 3.05) is 0 Å². The van der Waals surface area contributed by atoms with Crippen molar-refractivity contribution in [1.29, 1.82) is 0 Å². The Balaban J connectivity index is 2.47. The molecule has 0 aromatic rings. The third-order valence-corrected chi connectivity index (χ3v) is 5.28. The first-order chi connectivity index (χ1) is 8.30. The first-order valence-electron chi connectivity index (χ1n) is 6.88. The van der Waals surface area contributed by atoms with E-state index in [4.69, 9.17) is 0 Å². The van der Waals surface area contributed by atoms with Gasteiger partial charge in [0, 0.05) is 11.8 Å². The Morgan fingerprint density at radius 3 is 2.56 bits per heavy atom. The van der Waals surface area contributed by atoms with Crippen LogP contribution in [0.4, 0.5) is 0 Å². The summed E-state index contributed by atoms with van der Waals surface area (Å²) < 4.78 is 0. The second-order valence-electron chi connectivity index (χ2n) is 6.45. The number of rotatable bonds is 1. The Morgan fingerprint density at radius 1 is 1.39 bits per heavy atom. The molecule has 3 nitrogen and oxygen atoms in total. The topological polar surface area (TPSA) is 57.5 Å². The fourth-order valence-corrected chi connectivity index (χ4v) is 4.06. The van der Waals surface area contributed by atoms with Crippen molar-refractivity contribution in [3.8, 4) is 0 Å². The summed E-state index contributed by atoms with van der Waals surface area (Å²) in [4.78, 5) is 12.1. The minimum atomic E-state index is -0.616. The minimum absolute atomic E-state index is 0.0341. The number of hydrogen-bond acceptors (Lipinski definition) is 3. The molecule has 2 N–H and O–H groups in total. The van der Waals surface area contributed by atoms with Gasteiger partial charge in [0.15, 0.2) is 5.78 Å². The summed E-state index contributed by atoms with van der Waals surface area (Å²) in [5.74, 6) is 0.643. The molecule has 5 atom stereocenters. The second-order valence-corrected chi connectivity index (χ2v) is 6.45. The molecule has 0 bridgehead atoms. The van der Waals surface area contributed by atoms with Crippen molar-refractivity contribution in [3.63, 3.8) is 0 Å². The van der Waals surface area contributed by atoms with Crippen LogP contribution < -0.4 is 0 Å². The van der Waals surface area contributed by atoms with Gasteiger partial charge < -0.3 is 10.2 Å². The normalized spacial score (nSPS) is 44.8. The standard InChI is InChI=1S/C15H24O3/c1-8(2)11-6-12(16)10(4)15(11)7-13(17)9(3)5-14(15)18/h5,8,10-12,14,16,18H,6-7H2,1-4H3/t10-,11-,12+,14?,15-/m1/s1. The van der Waals surface area contributed by atoms with Crippen molar-refractivity contribution in [2.45, 2.75) is 52.7 Å². The smallest absolute Gasteiger partial charge is 0.159 e. The lowest BCUT2D eigenvalue weighted by Gasteiger charge is -2.45. The molecule has 2 rings (SSSR count). The SMILES string of the molecule is CC1=CC(O)[C@@]2(CC1=O)[C@@H](C(C)C)C[C@H](O)[C@H]2C. The van der Waals surface area contributed by atoms with Crippen LogP contribution in [0.2, 0.25) is 0 Å². The number of Topliss-reactive ketones (excluding diaryl/α,β-unsaturated/α-hetero) is 1. The third-order valence-electron chi connectivity index (χ3n) is 5.28. The summed E-state index contributed by atoms with van der Waals surface area (Å²) in [6.07, 6.45) is 1.73. The summed E-state index contributed by atoms with van der Waals surface area (Å²) >= 11 is 0. The highest BCUT2D eigenvalue weighted by Crippen LogP contribution is 2.57. The molecule has 1 saturated carbocycles. The van der Waals surface area contributed by atoms with Crippen LogP contribution in [-0.4, -0.2) is 28.2 Å². The van der Waals surface area contributed by atoms with E-state index in [0.29, 0.717) is 24.3 Å². The largest absolute Gasteiger partial charge is 0.393 e. The van der Waals surface area contributed by atoms with Gasteiger partial charge in [-0.15, -0.1) is 0 Å². The number of aliphatic hydroxyl groups excluding tert-OH is 2. The number of allylic oxidation sites excluding steroid dienone is 1. The van der Waals surface area contributed by atoms with Gasteiger partial charge in [0.25, 0.3) is 0 Å². The molecule has 0 aromatic carbocycles. The molecule has 102 valence electrons. The van der Waals surface area contributed by atoms with Crippen LogP contribution in [0.15, 0.2) is 11.6 Å². The zero-order valence-electron chi connectivity index (χ0n) is 11.7. The Morgan fingerprint density at radius 2 is 2.00 bits per heavy atom. The molecule has 18 heavy (non-hydrogen) atoms. The van der Waals surface area contributed by atoms with E-state index in [0.717, 1.165) is 0 Å². The van der Waals surface area contributed by atoms with Gasteiger partial charge >= 0.3 is 0 Å². The number of aliphatic hydroxyl groups is 2. The van der Waals surface area contributed by atoms with E-state index >= 15 is 0 Å². The van der Waals surface area contributed by atoms with Crippen molar-refractivity contribution in [3.05, 3.63) is 11.6 Å².